The molecule has 1 rings (SSSR count). The van der Waals surface area contributed by atoms with E-state index < -0.39 is 0 Å². The zero-order chi connectivity index (χ0) is 15.4. The van der Waals surface area contributed by atoms with Gasteiger partial charge in [0.05, 0.1) is 6.61 Å². The van der Waals surface area contributed by atoms with Crippen LogP contribution < -0.4 is 10.5 Å². The molecule has 0 amide bonds. The maximum Gasteiger partial charge on any atom is 0.122 e. The number of hydrogen-bond acceptors (Lipinski definition) is 2. The molecule has 0 bridgehead atoms. The maximum absolute atomic E-state index is 5.90. The molecule has 2 nitrogen and oxygen atoms in total. The van der Waals surface area contributed by atoms with Crippen molar-refractivity contribution in [3.05, 3.63) is 29.3 Å². The van der Waals surface area contributed by atoms with Crippen LogP contribution in [0.1, 0.15) is 58.6 Å². The summed E-state index contributed by atoms with van der Waals surface area (Å²) in [5.41, 5.74) is 8.72. The van der Waals surface area contributed by atoms with Crippen LogP contribution in [0.15, 0.2) is 18.2 Å². The van der Waals surface area contributed by atoms with Gasteiger partial charge in [0.25, 0.3) is 0 Å². The van der Waals surface area contributed by atoms with Crippen LogP contribution in [0, 0.1) is 12.3 Å². The zero-order valence-corrected chi connectivity index (χ0v) is 14.0. The van der Waals surface area contributed by atoms with Crippen LogP contribution in [0.25, 0.3) is 0 Å². The highest BCUT2D eigenvalue weighted by molar-refractivity contribution is 5.38. The van der Waals surface area contributed by atoms with Gasteiger partial charge < -0.3 is 10.5 Å². The number of rotatable bonds is 6. The zero-order valence-electron chi connectivity index (χ0n) is 14.0. The van der Waals surface area contributed by atoms with Crippen LogP contribution >= 0.6 is 0 Å². The molecule has 0 aliphatic carbocycles. The van der Waals surface area contributed by atoms with Crippen LogP contribution in [-0.2, 0) is 5.41 Å². The van der Waals surface area contributed by atoms with E-state index in [0.717, 1.165) is 31.7 Å². The Morgan fingerprint density at radius 2 is 1.75 bits per heavy atom. The molecule has 0 unspecified atom stereocenters. The molecule has 0 aliphatic heterocycles. The summed E-state index contributed by atoms with van der Waals surface area (Å²) in [6, 6.07) is 6.51. The molecule has 0 fully saturated rings. The molecular formula is C18H31NO. The first-order valence-corrected chi connectivity index (χ1v) is 7.60. The fourth-order valence-electron chi connectivity index (χ4n) is 2.11. The Balaban J connectivity index is 2.54. The van der Waals surface area contributed by atoms with E-state index in [4.69, 9.17) is 10.5 Å². The lowest BCUT2D eigenvalue weighted by molar-refractivity contribution is 0.260. The molecule has 0 aliphatic rings. The van der Waals surface area contributed by atoms with Gasteiger partial charge in [0.2, 0.25) is 0 Å². The third-order valence-corrected chi connectivity index (χ3v) is 3.85. The van der Waals surface area contributed by atoms with Crippen molar-refractivity contribution in [2.24, 2.45) is 11.1 Å². The molecule has 1 aromatic carbocycles. The molecule has 1 aromatic rings. The van der Waals surface area contributed by atoms with Gasteiger partial charge in [-0.05, 0) is 54.3 Å². The SMILES string of the molecule is Cc1cc(C(C)(C)C)ccc1OCCCC(C)(C)CN. The van der Waals surface area contributed by atoms with Crippen molar-refractivity contribution < 1.29 is 4.74 Å². The largest absolute Gasteiger partial charge is 0.493 e. The highest BCUT2D eigenvalue weighted by atomic mass is 16.5. The minimum absolute atomic E-state index is 0.189. The molecule has 2 N–H and O–H groups in total. The standard InChI is InChI=1S/C18H31NO/c1-14-12-15(17(2,3)4)8-9-16(14)20-11-7-10-18(5,6)13-19/h8-9,12H,7,10-11,13,19H2,1-6H3. The van der Waals surface area contributed by atoms with Gasteiger partial charge in [0.15, 0.2) is 0 Å². The van der Waals surface area contributed by atoms with Crippen molar-refractivity contribution in [1.82, 2.24) is 0 Å². The van der Waals surface area contributed by atoms with Gasteiger partial charge in [-0.3, -0.25) is 0 Å². The Hall–Kier alpha value is -1.02. The Labute approximate surface area is 124 Å². The lowest BCUT2D eigenvalue weighted by Gasteiger charge is -2.23. The molecule has 0 spiro atoms. The summed E-state index contributed by atoms with van der Waals surface area (Å²) in [6.07, 6.45) is 2.15. The first kappa shape index (κ1) is 17.0. The molecular weight excluding hydrogens is 246 g/mol. The lowest BCUT2D eigenvalue weighted by atomic mass is 9.86. The van der Waals surface area contributed by atoms with Crippen molar-refractivity contribution >= 4 is 0 Å². The molecule has 2 heteroatoms. The number of nitrogens with two attached hydrogens (primary N) is 1. The first-order valence-electron chi connectivity index (χ1n) is 7.60. The van der Waals surface area contributed by atoms with Gasteiger partial charge in [-0.25, -0.2) is 0 Å². The van der Waals surface area contributed by atoms with Gasteiger partial charge in [-0.1, -0.05) is 46.8 Å². The summed E-state index contributed by atoms with van der Waals surface area (Å²) in [7, 11) is 0. The predicted octanol–water partition coefficient (Wildman–Crippen LogP) is 4.44. The highest BCUT2D eigenvalue weighted by Crippen LogP contribution is 2.28. The number of aryl methyl sites for hydroxylation is 1. The summed E-state index contributed by atoms with van der Waals surface area (Å²) in [5, 5.41) is 0. The highest BCUT2D eigenvalue weighted by Gasteiger charge is 2.16. The predicted molar refractivity (Wildman–Crippen MR) is 87.4 cm³/mol. The van der Waals surface area contributed by atoms with Crippen molar-refractivity contribution in [2.75, 3.05) is 13.2 Å². The number of benzene rings is 1. The molecule has 0 atom stereocenters. The molecule has 114 valence electrons. The second-order valence-electron chi connectivity index (χ2n) is 7.55. The quantitative estimate of drug-likeness (QED) is 0.780. The van der Waals surface area contributed by atoms with Crippen molar-refractivity contribution in [3.63, 3.8) is 0 Å². The number of hydrogen-bond donors (Lipinski definition) is 1. The monoisotopic (exact) mass is 277 g/mol. The molecule has 0 aromatic heterocycles. The van der Waals surface area contributed by atoms with E-state index >= 15 is 0 Å². The van der Waals surface area contributed by atoms with Crippen LogP contribution in [-0.4, -0.2) is 13.2 Å². The second kappa shape index (κ2) is 6.62. The minimum Gasteiger partial charge on any atom is -0.493 e. The molecule has 0 heterocycles. The van der Waals surface area contributed by atoms with E-state index in [-0.39, 0.29) is 10.8 Å². The van der Waals surface area contributed by atoms with E-state index in [1.54, 1.807) is 0 Å². The summed E-state index contributed by atoms with van der Waals surface area (Å²) < 4.78 is 5.90. The van der Waals surface area contributed by atoms with Gasteiger partial charge in [-0.15, -0.1) is 0 Å². The van der Waals surface area contributed by atoms with Crippen molar-refractivity contribution in [1.29, 1.82) is 0 Å². The Morgan fingerprint density at radius 1 is 1.10 bits per heavy atom. The van der Waals surface area contributed by atoms with Crippen LogP contribution in [0.5, 0.6) is 5.75 Å². The van der Waals surface area contributed by atoms with Crippen molar-refractivity contribution in [2.45, 2.75) is 59.8 Å². The Morgan fingerprint density at radius 3 is 2.25 bits per heavy atom. The van der Waals surface area contributed by atoms with Gasteiger partial charge >= 0.3 is 0 Å². The second-order valence-corrected chi connectivity index (χ2v) is 7.55. The van der Waals surface area contributed by atoms with Gasteiger partial charge in [0, 0.05) is 0 Å². The average Bonchev–Trinajstić information content (AvgIpc) is 2.35. The van der Waals surface area contributed by atoms with Crippen LogP contribution in [0.2, 0.25) is 0 Å². The Bertz CT molecular complexity index is 430. The number of ether oxygens (including phenoxy) is 1. The van der Waals surface area contributed by atoms with E-state index in [9.17, 15) is 0 Å². The van der Waals surface area contributed by atoms with Gasteiger partial charge in [-0.2, -0.15) is 0 Å². The van der Waals surface area contributed by atoms with E-state index in [1.807, 2.05) is 0 Å². The molecule has 0 saturated heterocycles. The fraction of sp³-hybridized carbons (Fsp3) is 0.667. The first-order chi connectivity index (χ1) is 9.15. The smallest absolute Gasteiger partial charge is 0.122 e. The summed E-state index contributed by atoms with van der Waals surface area (Å²) >= 11 is 0. The summed E-state index contributed by atoms with van der Waals surface area (Å²) in [6.45, 7) is 14.7. The molecule has 0 saturated carbocycles. The summed E-state index contributed by atoms with van der Waals surface area (Å²) in [4.78, 5) is 0. The van der Waals surface area contributed by atoms with E-state index in [0.29, 0.717) is 0 Å². The molecule has 20 heavy (non-hydrogen) atoms. The minimum atomic E-state index is 0.189. The normalized spacial score (nSPS) is 12.6. The van der Waals surface area contributed by atoms with Gasteiger partial charge in [0.1, 0.15) is 5.75 Å². The lowest BCUT2D eigenvalue weighted by Crippen LogP contribution is -2.24. The average molecular weight is 277 g/mol. The van der Waals surface area contributed by atoms with E-state index in [1.165, 1.54) is 11.1 Å². The topological polar surface area (TPSA) is 35.2 Å². The third kappa shape index (κ3) is 5.16. The third-order valence-electron chi connectivity index (χ3n) is 3.85. The van der Waals surface area contributed by atoms with Crippen LogP contribution in [0.4, 0.5) is 0 Å². The van der Waals surface area contributed by atoms with Crippen molar-refractivity contribution in [3.8, 4) is 5.75 Å². The fourth-order valence-corrected chi connectivity index (χ4v) is 2.11. The summed E-state index contributed by atoms with van der Waals surface area (Å²) in [5.74, 6) is 1.00. The molecule has 0 radical (unpaired) electrons. The maximum atomic E-state index is 5.90. The Kier molecular flexibility index (Phi) is 5.64. The van der Waals surface area contributed by atoms with Crippen LogP contribution in [0.3, 0.4) is 0 Å². The van der Waals surface area contributed by atoms with E-state index in [2.05, 4.69) is 59.7 Å².